The molecule has 0 atom stereocenters. The first-order valence-electron chi connectivity index (χ1n) is 9.64. The Hall–Kier alpha value is -3.93. The fourth-order valence-corrected chi connectivity index (χ4v) is 2.62. The highest BCUT2D eigenvalue weighted by atomic mass is 16.5. The number of ether oxygens (including phenoxy) is 1. The fourth-order valence-electron chi connectivity index (χ4n) is 2.62. The van der Waals surface area contributed by atoms with E-state index in [0.717, 1.165) is 28.9 Å². The lowest BCUT2D eigenvalue weighted by Crippen LogP contribution is -2.32. The van der Waals surface area contributed by atoms with Crippen LogP contribution in [-0.2, 0) is 22.6 Å². The van der Waals surface area contributed by atoms with Crippen molar-refractivity contribution in [3.63, 3.8) is 0 Å². The lowest BCUT2D eigenvalue weighted by atomic mass is 10.1. The zero-order valence-electron chi connectivity index (χ0n) is 16.7. The van der Waals surface area contributed by atoms with Gasteiger partial charge in [-0.3, -0.25) is 9.59 Å². The first-order valence-corrected chi connectivity index (χ1v) is 9.64. The fraction of sp³-hybridized carbons (Fsp3) is 0.125. The zero-order chi connectivity index (χ0) is 21.2. The van der Waals surface area contributed by atoms with Gasteiger partial charge in [0.15, 0.2) is 0 Å². The summed E-state index contributed by atoms with van der Waals surface area (Å²) in [5, 5.41) is 6.36. The summed E-state index contributed by atoms with van der Waals surface area (Å²) in [5.41, 5.74) is 5.78. The number of nitrogens with one attached hydrogen (secondary N) is 2. The Kier molecular flexibility index (Phi) is 7.33. The monoisotopic (exact) mass is 401 g/mol. The summed E-state index contributed by atoms with van der Waals surface area (Å²) in [7, 11) is 0. The molecule has 0 radical (unpaired) electrons. The van der Waals surface area contributed by atoms with Gasteiger partial charge in [0.2, 0.25) is 0 Å². The lowest BCUT2D eigenvalue weighted by molar-refractivity contribution is -0.136. The van der Waals surface area contributed by atoms with Crippen LogP contribution in [0, 0.1) is 0 Å². The Morgan fingerprint density at radius 3 is 2.23 bits per heavy atom. The smallest absolute Gasteiger partial charge is 0.329 e. The second-order valence-corrected chi connectivity index (χ2v) is 6.55. The molecule has 0 unspecified atom stereocenters. The Balaban J connectivity index is 1.45. The van der Waals surface area contributed by atoms with E-state index in [2.05, 4.69) is 15.8 Å². The molecule has 0 heterocycles. The number of anilines is 1. The predicted molar refractivity (Wildman–Crippen MR) is 117 cm³/mol. The van der Waals surface area contributed by atoms with Crippen molar-refractivity contribution >= 4 is 23.7 Å². The summed E-state index contributed by atoms with van der Waals surface area (Å²) in [6.45, 7) is 2.53. The molecular weight excluding hydrogens is 378 g/mol. The maximum Gasteiger partial charge on any atom is 0.329 e. The van der Waals surface area contributed by atoms with E-state index in [-0.39, 0.29) is 0 Å². The Morgan fingerprint density at radius 2 is 1.57 bits per heavy atom. The van der Waals surface area contributed by atoms with E-state index in [1.807, 2.05) is 73.7 Å². The van der Waals surface area contributed by atoms with Gasteiger partial charge in [-0.15, -0.1) is 0 Å². The number of aryl methyl sites for hydroxylation is 1. The molecule has 0 saturated heterocycles. The minimum atomic E-state index is -0.839. The quantitative estimate of drug-likeness (QED) is 0.358. The second kappa shape index (κ2) is 10.6. The van der Waals surface area contributed by atoms with Crippen LogP contribution in [-0.4, -0.2) is 18.0 Å². The van der Waals surface area contributed by atoms with Gasteiger partial charge in [-0.25, -0.2) is 5.43 Å². The van der Waals surface area contributed by atoms with Gasteiger partial charge in [0, 0.05) is 5.69 Å². The molecular formula is C24H23N3O3. The third kappa shape index (κ3) is 6.31. The molecule has 0 aromatic heterocycles. The SMILES string of the molecule is CCc1ccc(NC(=O)C(=O)N/N=C/c2ccc(OCc3ccccc3)cc2)cc1. The van der Waals surface area contributed by atoms with Crippen LogP contribution in [0.3, 0.4) is 0 Å². The van der Waals surface area contributed by atoms with Gasteiger partial charge in [-0.1, -0.05) is 49.4 Å². The largest absolute Gasteiger partial charge is 0.489 e. The van der Waals surface area contributed by atoms with Crippen LogP contribution in [0.4, 0.5) is 5.69 Å². The van der Waals surface area contributed by atoms with Crippen molar-refractivity contribution in [1.29, 1.82) is 0 Å². The minimum absolute atomic E-state index is 0.487. The lowest BCUT2D eigenvalue weighted by Gasteiger charge is -2.06. The first kappa shape index (κ1) is 20.8. The van der Waals surface area contributed by atoms with Crippen molar-refractivity contribution in [2.45, 2.75) is 20.0 Å². The van der Waals surface area contributed by atoms with Crippen molar-refractivity contribution in [2.24, 2.45) is 5.10 Å². The predicted octanol–water partition coefficient (Wildman–Crippen LogP) is 3.92. The molecule has 30 heavy (non-hydrogen) atoms. The van der Waals surface area contributed by atoms with Crippen LogP contribution in [0.1, 0.15) is 23.6 Å². The van der Waals surface area contributed by atoms with Gasteiger partial charge < -0.3 is 10.1 Å². The number of carbonyl (C=O) groups is 2. The molecule has 2 amide bonds. The number of nitrogens with zero attached hydrogens (tertiary/aromatic N) is 1. The molecule has 0 aliphatic rings. The third-order valence-corrected chi connectivity index (χ3v) is 4.33. The number of hydrazone groups is 1. The van der Waals surface area contributed by atoms with Gasteiger partial charge in [0.1, 0.15) is 12.4 Å². The average Bonchev–Trinajstić information content (AvgIpc) is 2.79. The maximum absolute atomic E-state index is 11.9. The second-order valence-electron chi connectivity index (χ2n) is 6.55. The van der Waals surface area contributed by atoms with E-state index in [0.29, 0.717) is 12.3 Å². The zero-order valence-corrected chi connectivity index (χ0v) is 16.7. The van der Waals surface area contributed by atoms with Crippen LogP contribution >= 0.6 is 0 Å². The standard InChI is InChI=1S/C24H23N3O3/c1-2-18-8-12-21(13-9-18)26-23(28)24(29)27-25-16-19-10-14-22(15-11-19)30-17-20-6-4-3-5-7-20/h3-16H,2,17H2,1H3,(H,26,28)(H,27,29)/b25-16+. The summed E-state index contributed by atoms with van der Waals surface area (Å²) in [5.74, 6) is -0.886. The molecule has 6 heteroatoms. The molecule has 6 nitrogen and oxygen atoms in total. The van der Waals surface area contributed by atoms with Crippen LogP contribution in [0.5, 0.6) is 5.75 Å². The summed E-state index contributed by atoms with van der Waals surface area (Å²) >= 11 is 0. The minimum Gasteiger partial charge on any atom is -0.489 e. The van der Waals surface area contributed by atoms with Crippen LogP contribution in [0.2, 0.25) is 0 Å². The van der Waals surface area contributed by atoms with Crippen molar-refractivity contribution in [1.82, 2.24) is 5.43 Å². The Morgan fingerprint density at radius 1 is 0.867 bits per heavy atom. The van der Waals surface area contributed by atoms with E-state index < -0.39 is 11.8 Å². The molecule has 2 N–H and O–H groups in total. The Bertz CT molecular complexity index is 998. The summed E-state index contributed by atoms with van der Waals surface area (Å²) in [6, 6.07) is 24.5. The molecule has 0 aliphatic carbocycles. The molecule has 0 aliphatic heterocycles. The van der Waals surface area contributed by atoms with Crippen molar-refractivity contribution < 1.29 is 14.3 Å². The number of carbonyl (C=O) groups excluding carboxylic acids is 2. The number of hydrogen-bond donors (Lipinski definition) is 2. The third-order valence-electron chi connectivity index (χ3n) is 4.33. The molecule has 3 aromatic carbocycles. The first-order chi connectivity index (χ1) is 14.6. The van der Waals surface area contributed by atoms with Gasteiger partial charge >= 0.3 is 11.8 Å². The molecule has 0 fully saturated rings. The molecule has 152 valence electrons. The van der Waals surface area contributed by atoms with Crippen molar-refractivity contribution in [2.75, 3.05) is 5.32 Å². The van der Waals surface area contributed by atoms with E-state index in [9.17, 15) is 9.59 Å². The van der Waals surface area contributed by atoms with Gasteiger partial charge in [0.05, 0.1) is 6.21 Å². The van der Waals surface area contributed by atoms with Gasteiger partial charge in [-0.05, 0) is 59.5 Å². The topological polar surface area (TPSA) is 79.8 Å². The normalized spacial score (nSPS) is 10.6. The van der Waals surface area contributed by atoms with E-state index >= 15 is 0 Å². The van der Waals surface area contributed by atoms with Crippen LogP contribution < -0.4 is 15.5 Å². The summed E-state index contributed by atoms with van der Waals surface area (Å²) < 4.78 is 5.73. The molecule has 3 rings (SSSR count). The van der Waals surface area contributed by atoms with Gasteiger partial charge in [0.25, 0.3) is 0 Å². The van der Waals surface area contributed by atoms with Crippen LogP contribution in [0.25, 0.3) is 0 Å². The van der Waals surface area contributed by atoms with E-state index in [1.54, 1.807) is 12.1 Å². The van der Waals surface area contributed by atoms with E-state index in [4.69, 9.17) is 4.74 Å². The number of rotatable bonds is 7. The molecule has 0 bridgehead atoms. The number of benzene rings is 3. The number of amides is 2. The summed E-state index contributed by atoms with van der Waals surface area (Å²) in [6.07, 6.45) is 2.37. The average molecular weight is 401 g/mol. The highest BCUT2D eigenvalue weighted by Gasteiger charge is 2.12. The Labute approximate surface area is 175 Å². The van der Waals surface area contributed by atoms with E-state index in [1.165, 1.54) is 6.21 Å². The highest BCUT2D eigenvalue weighted by Crippen LogP contribution is 2.13. The molecule has 0 spiro atoms. The maximum atomic E-state index is 11.9. The van der Waals surface area contributed by atoms with Crippen molar-refractivity contribution in [3.8, 4) is 5.75 Å². The summed E-state index contributed by atoms with van der Waals surface area (Å²) in [4.78, 5) is 23.8. The van der Waals surface area contributed by atoms with Crippen molar-refractivity contribution in [3.05, 3.63) is 95.6 Å². The number of hydrogen-bond acceptors (Lipinski definition) is 4. The highest BCUT2D eigenvalue weighted by molar-refractivity contribution is 6.39. The van der Waals surface area contributed by atoms with Crippen LogP contribution in [0.15, 0.2) is 84.0 Å². The molecule has 0 saturated carbocycles. The molecule has 3 aromatic rings. The van der Waals surface area contributed by atoms with Gasteiger partial charge in [-0.2, -0.15) is 5.10 Å².